The minimum atomic E-state index is -0.174. The van der Waals surface area contributed by atoms with E-state index in [1.165, 1.54) is 0 Å². The Morgan fingerprint density at radius 2 is 1.84 bits per heavy atom. The molecule has 4 aromatic rings. The van der Waals surface area contributed by atoms with Gasteiger partial charge in [0.05, 0.1) is 38.1 Å². The summed E-state index contributed by atoms with van der Waals surface area (Å²) in [5.74, 6) is 1.31. The number of methoxy groups -OCH3 is 1. The monoisotopic (exact) mass is 431 g/mol. The molecule has 3 heterocycles. The molecular weight excluding hydrogens is 406 g/mol. The highest BCUT2D eigenvalue weighted by atomic mass is 16.5. The molecule has 0 radical (unpaired) electrons. The van der Waals surface area contributed by atoms with Crippen LogP contribution in [0, 0.1) is 0 Å². The van der Waals surface area contributed by atoms with Gasteiger partial charge in [0.2, 0.25) is 0 Å². The van der Waals surface area contributed by atoms with Gasteiger partial charge >= 0.3 is 0 Å². The smallest absolute Gasteiger partial charge is 0.251 e. The number of nitrogens with one attached hydrogen (secondary N) is 1. The normalized spacial score (nSPS) is 14.7. The molecule has 0 amide bonds. The first-order chi connectivity index (χ1) is 15.7. The number of H-pyrrole nitrogens is 1. The Morgan fingerprint density at radius 1 is 1.06 bits per heavy atom. The third-order valence-corrected chi connectivity index (χ3v) is 5.66. The van der Waals surface area contributed by atoms with Crippen molar-refractivity contribution in [2.45, 2.75) is 13.1 Å². The first-order valence-electron chi connectivity index (χ1n) is 10.7. The zero-order valence-corrected chi connectivity index (χ0v) is 18.0. The van der Waals surface area contributed by atoms with Crippen LogP contribution in [-0.2, 0) is 17.8 Å². The average molecular weight is 431 g/mol. The summed E-state index contributed by atoms with van der Waals surface area (Å²) in [5, 5.41) is 5.80. The molecule has 0 saturated carbocycles. The summed E-state index contributed by atoms with van der Waals surface area (Å²) < 4.78 is 12.6. The van der Waals surface area contributed by atoms with Gasteiger partial charge in [-0.05, 0) is 23.8 Å². The lowest BCUT2D eigenvalue weighted by atomic mass is 10.2. The van der Waals surface area contributed by atoms with Gasteiger partial charge in [-0.25, -0.2) is 4.98 Å². The first-order valence-corrected chi connectivity index (χ1v) is 10.7. The lowest BCUT2D eigenvalue weighted by Crippen LogP contribution is -2.36. The summed E-state index contributed by atoms with van der Waals surface area (Å²) in [6.45, 7) is 4.30. The van der Waals surface area contributed by atoms with E-state index in [9.17, 15) is 4.79 Å². The number of ether oxygens (including phenoxy) is 2. The van der Waals surface area contributed by atoms with Crippen LogP contribution >= 0.6 is 0 Å². The van der Waals surface area contributed by atoms with E-state index >= 15 is 0 Å². The molecule has 32 heavy (non-hydrogen) atoms. The molecule has 8 nitrogen and oxygen atoms in total. The molecule has 0 unspecified atom stereocenters. The molecule has 0 spiro atoms. The van der Waals surface area contributed by atoms with Crippen molar-refractivity contribution in [3.63, 3.8) is 0 Å². The van der Waals surface area contributed by atoms with Crippen molar-refractivity contribution in [3.05, 3.63) is 76.2 Å². The van der Waals surface area contributed by atoms with Crippen LogP contribution in [0.1, 0.15) is 11.3 Å². The molecule has 164 valence electrons. The number of aromatic amines is 1. The third-order valence-electron chi connectivity index (χ3n) is 5.66. The zero-order chi connectivity index (χ0) is 21.9. The second-order valence-electron chi connectivity index (χ2n) is 7.85. The van der Waals surface area contributed by atoms with E-state index < -0.39 is 0 Å². The van der Waals surface area contributed by atoms with E-state index in [4.69, 9.17) is 19.6 Å². The molecular formula is C24H25N5O3. The predicted molar refractivity (Wildman–Crippen MR) is 122 cm³/mol. The Hall–Kier alpha value is -3.49. The number of hydrogen-bond donors (Lipinski definition) is 1. The van der Waals surface area contributed by atoms with Crippen molar-refractivity contribution in [1.29, 1.82) is 0 Å². The summed E-state index contributed by atoms with van der Waals surface area (Å²) in [6, 6.07) is 17.5. The predicted octanol–water partition coefficient (Wildman–Crippen LogP) is 2.68. The van der Waals surface area contributed by atoms with Gasteiger partial charge in [0.1, 0.15) is 11.4 Å². The second kappa shape index (κ2) is 8.94. The summed E-state index contributed by atoms with van der Waals surface area (Å²) in [6.07, 6.45) is 0. The van der Waals surface area contributed by atoms with Crippen molar-refractivity contribution in [3.8, 4) is 17.3 Å². The largest absolute Gasteiger partial charge is 0.497 e. The number of para-hydroxylation sites is 1. The van der Waals surface area contributed by atoms with Crippen molar-refractivity contribution < 1.29 is 9.47 Å². The van der Waals surface area contributed by atoms with Gasteiger partial charge in [-0.15, -0.1) is 0 Å². The fourth-order valence-electron chi connectivity index (χ4n) is 4.02. The zero-order valence-electron chi connectivity index (χ0n) is 18.0. The molecule has 8 heteroatoms. The number of morpholine rings is 1. The van der Waals surface area contributed by atoms with Crippen LogP contribution in [0.3, 0.4) is 0 Å². The Balaban J connectivity index is 1.50. The van der Waals surface area contributed by atoms with Gasteiger partial charge in [-0.3, -0.25) is 14.4 Å². The highest BCUT2D eigenvalue weighted by Gasteiger charge is 2.17. The summed E-state index contributed by atoms with van der Waals surface area (Å²) in [5.41, 5.74) is 3.33. The van der Waals surface area contributed by atoms with Crippen LogP contribution in [0.5, 0.6) is 5.75 Å². The maximum atomic E-state index is 12.4. The average Bonchev–Trinajstić information content (AvgIpc) is 3.18. The highest BCUT2D eigenvalue weighted by Crippen LogP contribution is 2.26. The van der Waals surface area contributed by atoms with Crippen molar-refractivity contribution in [2.75, 3.05) is 33.4 Å². The van der Waals surface area contributed by atoms with E-state index in [2.05, 4.69) is 9.88 Å². The Morgan fingerprint density at radius 3 is 2.62 bits per heavy atom. The summed E-state index contributed by atoms with van der Waals surface area (Å²) in [7, 11) is 1.66. The van der Waals surface area contributed by atoms with E-state index in [-0.39, 0.29) is 5.56 Å². The van der Waals surface area contributed by atoms with Gasteiger partial charge in [0.25, 0.3) is 5.56 Å². The number of aromatic nitrogens is 4. The van der Waals surface area contributed by atoms with Crippen LogP contribution in [0.4, 0.5) is 0 Å². The van der Waals surface area contributed by atoms with Crippen LogP contribution in [0.2, 0.25) is 0 Å². The summed E-state index contributed by atoms with van der Waals surface area (Å²) >= 11 is 0. The molecule has 1 aliphatic rings. The van der Waals surface area contributed by atoms with Crippen LogP contribution in [0.15, 0.2) is 59.4 Å². The Labute approximate surface area is 185 Å². The molecule has 1 N–H and O–H groups in total. The van der Waals surface area contributed by atoms with Crippen molar-refractivity contribution >= 4 is 10.9 Å². The van der Waals surface area contributed by atoms with Gasteiger partial charge in [0, 0.05) is 31.1 Å². The standard InChI is InChI=1S/C24H25N5O3/c1-31-19-8-6-17(7-9-19)15-29-21-5-3-2-4-20(21)23(27-29)24-25-18(14-22(30)26-24)16-28-10-12-32-13-11-28/h2-9,14H,10-13,15-16H2,1H3,(H,25,26,30). The minimum Gasteiger partial charge on any atom is -0.497 e. The van der Waals surface area contributed by atoms with Gasteiger partial charge in [0.15, 0.2) is 5.82 Å². The molecule has 0 atom stereocenters. The van der Waals surface area contributed by atoms with Gasteiger partial charge < -0.3 is 14.5 Å². The van der Waals surface area contributed by atoms with E-state index in [0.717, 1.165) is 41.0 Å². The molecule has 2 aromatic heterocycles. The lowest BCUT2D eigenvalue weighted by molar-refractivity contribution is 0.0336. The molecule has 1 saturated heterocycles. The quantitative estimate of drug-likeness (QED) is 0.505. The number of hydrogen-bond acceptors (Lipinski definition) is 6. The molecule has 0 bridgehead atoms. The molecule has 5 rings (SSSR count). The first kappa shape index (κ1) is 20.4. The summed E-state index contributed by atoms with van der Waals surface area (Å²) in [4.78, 5) is 22.3. The molecule has 0 aliphatic carbocycles. The Kier molecular flexibility index (Phi) is 5.70. The third kappa shape index (κ3) is 4.28. The maximum Gasteiger partial charge on any atom is 0.251 e. The lowest BCUT2D eigenvalue weighted by Gasteiger charge is -2.26. The van der Waals surface area contributed by atoms with Crippen LogP contribution < -0.4 is 10.3 Å². The number of benzene rings is 2. The fourth-order valence-corrected chi connectivity index (χ4v) is 4.02. The van der Waals surface area contributed by atoms with Gasteiger partial charge in [-0.2, -0.15) is 5.10 Å². The number of fused-ring (bicyclic) bond motifs is 1. The SMILES string of the molecule is COc1ccc(Cn2nc(-c3nc(CN4CCOCC4)cc(=O)[nH]3)c3ccccc32)cc1. The second-order valence-corrected chi connectivity index (χ2v) is 7.85. The molecule has 1 fully saturated rings. The topological polar surface area (TPSA) is 85.3 Å². The Bertz CT molecular complexity index is 1270. The highest BCUT2D eigenvalue weighted by molar-refractivity contribution is 5.91. The van der Waals surface area contributed by atoms with Crippen LogP contribution in [-0.4, -0.2) is 58.1 Å². The minimum absolute atomic E-state index is 0.174. The molecule has 1 aliphatic heterocycles. The fraction of sp³-hybridized carbons (Fsp3) is 0.292. The molecule has 2 aromatic carbocycles. The number of rotatable bonds is 6. The van der Waals surface area contributed by atoms with Crippen molar-refractivity contribution in [2.24, 2.45) is 0 Å². The number of nitrogens with zero attached hydrogens (tertiary/aromatic N) is 4. The van der Waals surface area contributed by atoms with Crippen molar-refractivity contribution in [1.82, 2.24) is 24.6 Å². The van der Waals surface area contributed by atoms with E-state index in [1.807, 2.05) is 53.2 Å². The van der Waals surface area contributed by atoms with E-state index in [1.54, 1.807) is 13.2 Å². The van der Waals surface area contributed by atoms with Gasteiger partial charge in [-0.1, -0.05) is 30.3 Å². The van der Waals surface area contributed by atoms with E-state index in [0.29, 0.717) is 37.8 Å². The van der Waals surface area contributed by atoms with Crippen LogP contribution in [0.25, 0.3) is 22.4 Å². The maximum absolute atomic E-state index is 12.4.